The number of hydrogen-bond acceptors (Lipinski definition) is 5. The van der Waals surface area contributed by atoms with Gasteiger partial charge >= 0.3 is 0 Å². The summed E-state index contributed by atoms with van der Waals surface area (Å²) in [5, 5.41) is 5.34. The van der Waals surface area contributed by atoms with Gasteiger partial charge in [-0.1, -0.05) is 146 Å². The number of aromatic nitrogens is 3. The smallest absolute Gasteiger partial charge is 0.199 e. The first kappa shape index (κ1) is 31.7. The fourth-order valence-corrected chi connectivity index (χ4v) is 9.11. The van der Waals surface area contributed by atoms with Crippen molar-refractivity contribution in [2.24, 2.45) is 0 Å². The van der Waals surface area contributed by atoms with E-state index in [1.165, 1.54) is 22.3 Å². The van der Waals surface area contributed by atoms with E-state index in [1.54, 1.807) is 0 Å². The largest absolute Gasteiger partial charge is 0.456 e. The van der Waals surface area contributed by atoms with Gasteiger partial charge in [0.15, 0.2) is 23.2 Å². The van der Waals surface area contributed by atoms with Gasteiger partial charge in [0.1, 0.15) is 16.7 Å². The van der Waals surface area contributed by atoms with Gasteiger partial charge in [-0.3, -0.25) is 0 Å². The molecule has 5 heteroatoms. The molecule has 0 aliphatic heterocycles. The lowest BCUT2D eigenvalue weighted by atomic mass is 9.67. The maximum atomic E-state index is 6.42. The third kappa shape index (κ3) is 4.72. The third-order valence-electron chi connectivity index (χ3n) is 11.6. The number of rotatable bonds is 5. The summed E-state index contributed by atoms with van der Waals surface area (Å²) in [6.45, 7) is 0. The summed E-state index contributed by atoms with van der Waals surface area (Å²) in [5.41, 5.74) is 10.7. The zero-order chi connectivity index (χ0) is 37.5. The Morgan fingerprint density at radius 1 is 0.368 bits per heavy atom. The Hall–Kier alpha value is -7.63. The Kier molecular flexibility index (Phi) is 6.78. The standard InChI is InChI=1S/C52H31N3O2/c1-3-17-36(18-4-1)52(37-19-5-2-6-20-37)42-23-11-10-21-38(42)48-39(22-13-24-43(48)52)50-53-49(54-51(55-50)47-31-34-16-9-12-25-44(34)56-47)35-26-27-45-40(29-35)41-28-32-14-7-8-15-33(32)30-46(41)57-45/h1-31H. The summed E-state index contributed by atoms with van der Waals surface area (Å²) in [7, 11) is 0. The first-order valence-corrected chi connectivity index (χ1v) is 19.2. The van der Waals surface area contributed by atoms with Crippen LogP contribution >= 0.6 is 0 Å². The number of benzene rings is 8. The van der Waals surface area contributed by atoms with Crippen LogP contribution in [0.25, 0.3) is 89.2 Å². The molecule has 0 spiro atoms. The average Bonchev–Trinajstić information content (AvgIpc) is 3.96. The molecule has 11 aromatic rings. The highest BCUT2D eigenvalue weighted by molar-refractivity contribution is 6.11. The van der Waals surface area contributed by atoms with Gasteiger partial charge in [-0.15, -0.1) is 0 Å². The van der Waals surface area contributed by atoms with Gasteiger partial charge in [0.05, 0.1) is 5.41 Å². The van der Waals surface area contributed by atoms with E-state index in [4.69, 9.17) is 23.8 Å². The molecule has 1 aliphatic rings. The SMILES string of the molecule is c1ccc(C2(c3ccccc3)c3ccccc3-c3c(-c4nc(-c5ccc6oc7cc8ccccc8cc7c6c5)nc(-c5cc6ccccc6o5)n4)cccc32)cc1. The van der Waals surface area contributed by atoms with Crippen molar-refractivity contribution in [2.75, 3.05) is 0 Å². The number of para-hydroxylation sites is 1. The fourth-order valence-electron chi connectivity index (χ4n) is 9.11. The van der Waals surface area contributed by atoms with Crippen molar-refractivity contribution in [1.82, 2.24) is 15.0 Å². The molecule has 3 aromatic heterocycles. The number of furan rings is 2. The molecule has 0 fully saturated rings. The third-order valence-corrected chi connectivity index (χ3v) is 11.6. The minimum atomic E-state index is -0.556. The molecule has 0 saturated carbocycles. The van der Waals surface area contributed by atoms with E-state index >= 15 is 0 Å². The van der Waals surface area contributed by atoms with Gasteiger partial charge in [-0.05, 0) is 86.6 Å². The van der Waals surface area contributed by atoms with E-state index in [0.29, 0.717) is 23.2 Å². The van der Waals surface area contributed by atoms with Gasteiger partial charge < -0.3 is 8.83 Å². The molecule has 57 heavy (non-hydrogen) atoms. The van der Waals surface area contributed by atoms with E-state index < -0.39 is 5.41 Å². The maximum absolute atomic E-state index is 6.42. The summed E-state index contributed by atoms with van der Waals surface area (Å²) in [4.78, 5) is 15.7. The zero-order valence-electron chi connectivity index (χ0n) is 30.6. The van der Waals surface area contributed by atoms with Gasteiger partial charge in [0.2, 0.25) is 0 Å². The van der Waals surface area contributed by atoms with Gasteiger partial charge in [0.25, 0.3) is 0 Å². The average molecular weight is 730 g/mol. The molecule has 266 valence electrons. The van der Waals surface area contributed by atoms with Crippen LogP contribution in [-0.4, -0.2) is 15.0 Å². The number of fused-ring (bicyclic) bond motifs is 8. The first-order valence-electron chi connectivity index (χ1n) is 19.2. The van der Waals surface area contributed by atoms with Crippen LogP contribution in [0.4, 0.5) is 0 Å². The molecular weight excluding hydrogens is 699 g/mol. The van der Waals surface area contributed by atoms with Crippen molar-refractivity contribution in [3.8, 4) is 45.5 Å². The van der Waals surface area contributed by atoms with Gasteiger partial charge in [0, 0.05) is 27.3 Å². The predicted octanol–water partition coefficient (Wildman–Crippen LogP) is 13.0. The highest BCUT2D eigenvalue weighted by Gasteiger charge is 2.47. The van der Waals surface area contributed by atoms with Crippen molar-refractivity contribution in [2.45, 2.75) is 5.41 Å². The second-order valence-corrected chi connectivity index (χ2v) is 14.7. The van der Waals surface area contributed by atoms with Crippen LogP contribution in [0, 0.1) is 0 Å². The Morgan fingerprint density at radius 2 is 0.982 bits per heavy atom. The molecule has 0 bridgehead atoms. The lowest BCUT2D eigenvalue weighted by Gasteiger charge is -2.33. The maximum Gasteiger partial charge on any atom is 0.199 e. The molecule has 0 atom stereocenters. The zero-order valence-corrected chi connectivity index (χ0v) is 30.6. The number of hydrogen-bond donors (Lipinski definition) is 0. The lowest BCUT2D eigenvalue weighted by molar-refractivity contribution is 0.625. The molecule has 5 nitrogen and oxygen atoms in total. The minimum Gasteiger partial charge on any atom is -0.456 e. The molecular formula is C52H31N3O2. The van der Waals surface area contributed by atoms with Gasteiger partial charge in [-0.25, -0.2) is 15.0 Å². The fraction of sp³-hybridized carbons (Fsp3) is 0.0192. The van der Waals surface area contributed by atoms with Crippen LogP contribution in [0.1, 0.15) is 22.3 Å². The lowest BCUT2D eigenvalue weighted by Crippen LogP contribution is -2.28. The molecule has 8 aromatic carbocycles. The Bertz CT molecular complexity index is 3290. The summed E-state index contributed by atoms with van der Waals surface area (Å²) >= 11 is 0. The Morgan fingerprint density at radius 3 is 1.77 bits per heavy atom. The summed E-state index contributed by atoms with van der Waals surface area (Å²) < 4.78 is 12.8. The van der Waals surface area contributed by atoms with Crippen LogP contribution < -0.4 is 0 Å². The van der Waals surface area contributed by atoms with Crippen LogP contribution in [0.3, 0.4) is 0 Å². The molecule has 1 aliphatic carbocycles. The second kappa shape index (κ2) is 12.2. The molecule has 0 saturated heterocycles. The van der Waals surface area contributed by atoms with E-state index in [1.807, 2.05) is 42.5 Å². The summed E-state index contributed by atoms with van der Waals surface area (Å²) in [5.74, 6) is 2.17. The monoisotopic (exact) mass is 729 g/mol. The highest BCUT2D eigenvalue weighted by Crippen LogP contribution is 2.58. The minimum absolute atomic E-state index is 0.468. The normalized spacial score (nSPS) is 13.1. The number of nitrogens with zero attached hydrogens (tertiary/aromatic N) is 3. The molecule has 12 rings (SSSR count). The van der Waals surface area contributed by atoms with Crippen molar-refractivity contribution in [3.05, 3.63) is 210 Å². The molecule has 0 unspecified atom stereocenters. The second-order valence-electron chi connectivity index (χ2n) is 14.7. The molecule has 0 radical (unpaired) electrons. The van der Waals surface area contributed by atoms with E-state index in [-0.39, 0.29) is 0 Å². The van der Waals surface area contributed by atoms with Crippen LogP contribution in [-0.2, 0) is 5.41 Å². The summed E-state index contributed by atoms with van der Waals surface area (Å²) in [6.07, 6.45) is 0. The predicted molar refractivity (Wildman–Crippen MR) is 228 cm³/mol. The molecule has 0 amide bonds. The Balaban J connectivity index is 1.12. The Labute approximate surface area is 327 Å². The quantitative estimate of drug-likeness (QED) is 0.176. The summed E-state index contributed by atoms with van der Waals surface area (Å²) in [6, 6.07) is 65.8. The van der Waals surface area contributed by atoms with Crippen molar-refractivity contribution in [3.63, 3.8) is 0 Å². The van der Waals surface area contributed by atoms with Gasteiger partial charge in [-0.2, -0.15) is 0 Å². The van der Waals surface area contributed by atoms with E-state index in [9.17, 15) is 0 Å². The van der Waals surface area contributed by atoms with Crippen molar-refractivity contribution < 1.29 is 8.83 Å². The first-order chi connectivity index (χ1) is 28.2. The van der Waals surface area contributed by atoms with Crippen molar-refractivity contribution >= 4 is 43.7 Å². The van der Waals surface area contributed by atoms with E-state index in [2.05, 4.69) is 146 Å². The van der Waals surface area contributed by atoms with E-state index in [0.717, 1.165) is 65.9 Å². The topological polar surface area (TPSA) is 65.0 Å². The van der Waals surface area contributed by atoms with Crippen molar-refractivity contribution in [1.29, 1.82) is 0 Å². The van der Waals surface area contributed by atoms with Crippen LogP contribution in [0.5, 0.6) is 0 Å². The van der Waals surface area contributed by atoms with Crippen LogP contribution in [0.15, 0.2) is 197 Å². The molecule has 3 heterocycles. The van der Waals surface area contributed by atoms with Crippen LogP contribution in [0.2, 0.25) is 0 Å². The highest BCUT2D eigenvalue weighted by atomic mass is 16.3. The molecule has 0 N–H and O–H groups in total.